The van der Waals surface area contributed by atoms with Gasteiger partial charge in [0.2, 0.25) is 0 Å². The van der Waals surface area contributed by atoms with E-state index < -0.39 is 11.2 Å². The average Bonchev–Trinajstić information content (AvgIpc) is 2.44. The smallest absolute Gasteiger partial charge is 0.410 e. The Morgan fingerprint density at radius 3 is 2.78 bits per heavy atom. The van der Waals surface area contributed by atoms with Crippen molar-refractivity contribution in [3.63, 3.8) is 0 Å². The minimum Gasteiger partial charge on any atom is -0.507 e. The van der Waals surface area contributed by atoms with Crippen LogP contribution in [0.15, 0.2) is 27.4 Å². The van der Waals surface area contributed by atoms with Gasteiger partial charge in [0.25, 0.3) is 0 Å². The zero-order chi connectivity index (χ0) is 16.8. The Balaban J connectivity index is 1.95. The Bertz CT molecular complexity index is 831. The topological polar surface area (TPSA) is 80.0 Å². The van der Waals surface area contributed by atoms with E-state index in [2.05, 4.69) is 0 Å². The Labute approximate surface area is 133 Å². The molecule has 1 amide bonds. The van der Waals surface area contributed by atoms with Crippen molar-refractivity contribution in [2.75, 3.05) is 6.54 Å². The van der Waals surface area contributed by atoms with Gasteiger partial charge in [0, 0.05) is 18.7 Å². The van der Waals surface area contributed by atoms with Crippen LogP contribution in [0, 0.1) is 0 Å². The molecule has 1 aromatic carbocycles. The first-order valence-electron chi connectivity index (χ1n) is 7.50. The molecule has 1 aliphatic rings. The van der Waals surface area contributed by atoms with Crippen molar-refractivity contribution in [2.24, 2.45) is 0 Å². The fourth-order valence-corrected chi connectivity index (χ4v) is 2.74. The molecule has 1 N–H and O–H groups in total. The van der Waals surface area contributed by atoms with Crippen LogP contribution in [0.4, 0.5) is 4.79 Å². The number of amides is 1. The number of nitrogens with zero attached hydrogens (tertiary/aromatic N) is 1. The highest BCUT2D eigenvalue weighted by Gasteiger charge is 2.27. The predicted molar refractivity (Wildman–Crippen MR) is 84.5 cm³/mol. The highest BCUT2D eigenvalue weighted by Crippen LogP contribution is 2.31. The molecule has 2 heterocycles. The van der Waals surface area contributed by atoms with E-state index in [4.69, 9.17) is 9.15 Å². The average molecular weight is 317 g/mol. The summed E-state index contributed by atoms with van der Waals surface area (Å²) in [5, 5.41) is 10.4. The molecule has 6 nitrogen and oxygen atoms in total. The van der Waals surface area contributed by atoms with E-state index in [-0.39, 0.29) is 11.8 Å². The summed E-state index contributed by atoms with van der Waals surface area (Å²) in [7, 11) is 0. The summed E-state index contributed by atoms with van der Waals surface area (Å²) in [5.74, 6) is -0.0892. The van der Waals surface area contributed by atoms with E-state index in [1.165, 1.54) is 0 Å². The molecule has 6 heteroatoms. The fraction of sp³-hybridized carbons (Fsp3) is 0.412. The number of carbonyl (C=O) groups excluding carboxylic acids is 1. The molecular formula is C17H19NO5. The minimum atomic E-state index is -0.585. The van der Waals surface area contributed by atoms with Crippen LogP contribution in [-0.2, 0) is 17.7 Å². The molecule has 0 saturated heterocycles. The zero-order valence-electron chi connectivity index (χ0n) is 13.4. The van der Waals surface area contributed by atoms with Crippen LogP contribution < -0.4 is 5.63 Å². The molecule has 1 aliphatic heterocycles. The number of ether oxygens (including phenoxy) is 1. The van der Waals surface area contributed by atoms with Crippen LogP contribution in [0.5, 0.6) is 5.75 Å². The van der Waals surface area contributed by atoms with Gasteiger partial charge in [-0.2, -0.15) is 0 Å². The molecule has 0 spiro atoms. The van der Waals surface area contributed by atoms with Crippen molar-refractivity contribution >= 4 is 17.1 Å². The molecular weight excluding hydrogens is 298 g/mol. The quantitative estimate of drug-likeness (QED) is 0.756. The number of fused-ring (bicyclic) bond motifs is 3. The SMILES string of the molecule is CC(C)(C)OC(=O)N1CCc2c(ccc3c(O)cc(=O)oc23)C1. The van der Waals surface area contributed by atoms with Gasteiger partial charge in [0.1, 0.15) is 16.9 Å². The largest absolute Gasteiger partial charge is 0.507 e. The molecule has 0 bridgehead atoms. The van der Waals surface area contributed by atoms with E-state index in [1.807, 2.05) is 26.8 Å². The minimum absolute atomic E-state index is 0.0892. The highest BCUT2D eigenvalue weighted by molar-refractivity contribution is 5.86. The summed E-state index contributed by atoms with van der Waals surface area (Å²) in [6.45, 7) is 6.34. The van der Waals surface area contributed by atoms with Gasteiger partial charge in [0.05, 0.1) is 11.5 Å². The Kier molecular flexibility index (Phi) is 3.55. The van der Waals surface area contributed by atoms with E-state index in [0.29, 0.717) is 30.5 Å². The Hall–Kier alpha value is -2.50. The molecule has 3 rings (SSSR count). The van der Waals surface area contributed by atoms with Gasteiger partial charge in [-0.15, -0.1) is 0 Å². The Morgan fingerprint density at radius 1 is 1.35 bits per heavy atom. The second-order valence-electron chi connectivity index (χ2n) is 6.68. The molecule has 1 aromatic heterocycles. The molecule has 0 unspecified atom stereocenters. The maximum Gasteiger partial charge on any atom is 0.410 e. The molecule has 0 fully saturated rings. The van der Waals surface area contributed by atoms with Crippen molar-refractivity contribution in [1.82, 2.24) is 4.90 Å². The summed E-state index contributed by atoms with van der Waals surface area (Å²) < 4.78 is 10.7. The van der Waals surface area contributed by atoms with Crippen LogP contribution in [0.25, 0.3) is 11.0 Å². The van der Waals surface area contributed by atoms with Crippen LogP contribution in [0.3, 0.4) is 0 Å². The van der Waals surface area contributed by atoms with E-state index in [1.54, 1.807) is 11.0 Å². The third kappa shape index (κ3) is 3.02. The third-order valence-electron chi connectivity index (χ3n) is 3.74. The molecule has 0 atom stereocenters. The number of benzene rings is 1. The summed E-state index contributed by atoms with van der Waals surface area (Å²) >= 11 is 0. The maximum absolute atomic E-state index is 12.2. The van der Waals surface area contributed by atoms with Crippen LogP contribution >= 0.6 is 0 Å². The van der Waals surface area contributed by atoms with Crippen LogP contribution in [0.2, 0.25) is 0 Å². The van der Waals surface area contributed by atoms with Crippen molar-refractivity contribution in [1.29, 1.82) is 0 Å². The van der Waals surface area contributed by atoms with Gasteiger partial charge >= 0.3 is 11.7 Å². The highest BCUT2D eigenvalue weighted by atomic mass is 16.6. The monoisotopic (exact) mass is 317 g/mol. The van der Waals surface area contributed by atoms with Crippen molar-refractivity contribution in [3.8, 4) is 5.75 Å². The number of carbonyl (C=O) groups is 1. The van der Waals surface area contributed by atoms with E-state index in [0.717, 1.165) is 17.2 Å². The van der Waals surface area contributed by atoms with Crippen molar-refractivity contribution in [2.45, 2.75) is 39.3 Å². The molecule has 122 valence electrons. The van der Waals surface area contributed by atoms with Gasteiger partial charge in [0.15, 0.2) is 0 Å². The fourth-order valence-electron chi connectivity index (χ4n) is 2.74. The number of hydrogen-bond acceptors (Lipinski definition) is 5. The molecule has 23 heavy (non-hydrogen) atoms. The van der Waals surface area contributed by atoms with Crippen LogP contribution in [-0.4, -0.2) is 28.2 Å². The second kappa shape index (κ2) is 5.30. The van der Waals surface area contributed by atoms with Gasteiger partial charge < -0.3 is 19.2 Å². The van der Waals surface area contributed by atoms with Gasteiger partial charge in [-0.25, -0.2) is 9.59 Å². The lowest BCUT2D eigenvalue weighted by Crippen LogP contribution is -2.39. The first-order valence-corrected chi connectivity index (χ1v) is 7.50. The third-order valence-corrected chi connectivity index (χ3v) is 3.74. The Morgan fingerprint density at radius 2 is 2.09 bits per heavy atom. The summed E-state index contributed by atoms with van der Waals surface area (Å²) in [6.07, 6.45) is 0.179. The van der Waals surface area contributed by atoms with Crippen molar-refractivity contribution in [3.05, 3.63) is 39.7 Å². The lowest BCUT2D eigenvalue weighted by atomic mass is 9.97. The number of rotatable bonds is 0. The van der Waals surface area contributed by atoms with Gasteiger partial charge in [-0.05, 0) is 38.8 Å². The van der Waals surface area contributed by atoms with Gasteiger partial charge in [-0.3, -0.25) is 0 Å². The number of hydrogen-bond donors (Lipinski definition) is 1. The van der Waals surface area contributed by atoms with Gasteiger partial charge in [-0.1, -0.05) is 6.07 Å². The summed E-state index contributed by atoms with van der Waals surface area (Å²) in [4.78, 5) is 25.3. The molecule has 0 aliphatic carbocycles. The predicted octanol–water partition coefficient (Wildman–Crippen LogP) is 2.79. The normalized spacial score (nSPS) is 14.7. The summed E-state index contributed by atoms with van der Waals surface area (Å²) in [5.41, 5.74) is 1.02. The van der Waals surface area contributed by atoms with Crippen molar-refractivity contribution < 1.29 is 19.1 Å². The molecule has 2 aromatic rings. The summed E-state index contributed by atoms with van der Waals surface area (Å²) in [6, 6.07) is 4.60. The van der Waals surface area contributed by atoms with Crippen LogP contribution in [0.1, 0.15) is 31.9 Å². The molecule has 0 radical (unpaired) electrons. The lowest BCUT2D eigenvalue weighted by Gasteiger charge is -2.31. The lowest BCUT2D eigenvalue weighted by molar-refractivity contribution is 0.0224. The zero-order valence-corrected chi connectivity index (χ0v) is 13.4. The van der Waals surface area contributed by atoms with E-state index >= 15 is 0 Å². The first-order chi connectivity index (χ1) is 10.7. The number of aromatic hydroxyl groups is 1. The molecule has 0 saturated carbocycles. The first kappa shape index (κ1) is 15.4. The van der Waals surface area contributed by atoms with E-state index in [9.17, 15) is 14.7 Å². The maximum atomic E-state index is 12.2. The second-order valence-corrected chi connectivity index (χ2v) is 6.68. The standard InChI is InChI=1S/C17H19NO5/c1-17(2,3)23-16(21)18-7-6-11-10(9-18)4-5-12-13(19)8-14(20)22-15(11)12/h4-5,8,19H,6-7,9H2,1-3H3.